The Bertz CT molecular complexity index is 903. The first-order valence-corrected chi connectivity index (χ1v) is 8.06. The number of hydrogen-bond donors (Lipinski definition) is 0. The fourth-order valence-electron chi connectivity index (χ4n) is 2.17. The Morgan fingerprint density at radius 3 is 2.67 bits per heavy atom. The Kier molecular flexibility index (Phi) is 4.97. The van der Waals surface area contributed by atoms with Gasteiger partial charge in [0.25, 0.3) is 5.56 Å². The number of nitrogens with zero attached hydrogens (tertiary/aromatic N) is 4. The highest BCUT2D eigenvalue weighted by Gasteiger charge is 2.11. The van der Waals surface area contributed by atoms with Gasteiger partial charge in [0, 0.05) is 11.4 Å². The van der Waals surface area contributed by atoms with Crippen molar-refractivity contribution < 1.29 is 4.52 Å². The van der Waals surface area contributed by atoms with Crippen LogP contribution in [0.4, 0.5) is 0 Å². The number of aryl methyl sites for hydroxylation is 3. The van der Waals surface area contributed by atoms with E-state index in [4.69, 9.17) is 27.7 Å². The average molecular weight is 365 g/mol. The fraction of sp³-hybridized carbons (Fsp3) is 0.250. The van der Waals surface area contributed by atoms with Crippen molar-refractivity contribution in [2.24, 2.45) is 0 Å². The largest absolute Gasteiger partial charge is 0.337 e. The van der Waals surface area contributed by atoms with Gasteiger partial charge in [-0.25, -0.2) is 4.98 Å². The minimum absolute atomic E-state index is 0.0972. The van der Waals surface area contributed by atoms with Gasteiger partial charge in [-0.3, -0.25) is 9.36 Å². The van der Waals surface area contributed by atoms with E-state index in [1.165, 1.54) is 10.9 Å². The summed E-state index contributed by atoms with van der Waals surface area (Å²) in [5.74, 6) is 0.920. The molecule has 0 saturated heterocycles. The lowest BCUT2D eigenvalue weighted by Crippen LogP contribution is -2.22. The van der Waals surface area contributed by atoms with Gasteiger partial charge in [0.2, 0.25) is 5.89 Å². The second-order valence-corrected chi connectivity index (χ2v) is 6.12. The van der Waals surface area contributed by atoms with E-state index >= 15 is 0 Å². The highest BCUT2D eigenvalue weighted by molar-refractivity contribution is 6.31. The minimum Gasteiger partial charge on any atom is -0.337 e. The maximum atomic E-state index is 12.0. The Morgan fingerprint density at radius 2 is 1.92 bits per heavy atom. The maximum absolute atomic E-state index is 12.0. The van der Waals surface area contributed by atoms with Gasteiger partial charge in [0.15, 0.2) is 5.82 Å². The van der Waals surface area contributed by atoms with Crippen LogP contribution in [0.3, 0.4) is 0 Å². The summed E-state index contributed by atoms with van der Waals surface area (Å²) in [6.07, 6.45) is 2.82. The Labute approximate surface area is 148 Å². The van der Waals surface area contributed by atoms with Gasteiger partial charge in [0.1, 0.15) is 11.6 Å². The summed E-state index contributed by atoms with van der Waals surface area (Å²) in [6, 6.07) is 7.61. The summed E-state index contributed by atoms with van der Waals surface area (Å²) in [6.45, 7) is 1.81. The average Bonchev–Trinajstić information content (AvgIpc) is 3.02. The van der Waals surface area contributed by atoms with Gasteiger partial charge in [-0.2, -0.15) is 4.98 Å². The summed E-state index contributed by atoms with van der Waals surface area (Å²) < 4.78 is 6.53. The number of hydrogen-bond acceptors (Lipinski definition) is 5. The molecular formula is C16H14Cl2N4O2. The van der Waals surface area contributed by atoms with Crippen LogP contribution in [0.2, 0.25) is 10.0 Å². The predicted octanol–water partition coefficient (Wildman–Crippen LogP) is 3.08. The van der Waals surface area contributed by atoms with E-state index in [9.17, 15) is 4.79 Å². The summed E-state index contributed by atoms with van der Waals surface area (Å²) in [4.78, 5) is 20.4. The Hall–Kier alpha value is -2.18. The Balaban J connectivity index is 1.66. The number of aromatic nitrogens is 4. The van der Waals surface area contributed by atoms with E-state index in [2.05, 4.69) is 15.1 Å². The van der Waals surface area contributed by atoms with Crippen LogP contribution in [0.1, 0.15) is 23.0 Å². The molecule has 24 heavy (non-hydrogen) atoms. The van der Waals surface area contributed by atoms with E-state index in [0.29, 0.717) is 28.9 Å². The van der Waals surface area contributed by atoms with Gasteiger partial charge < -0.3 is 4.52 Å². The number of rotatable bonds is 5. The van der Waals surface area contributed by atoms with Crippen LogP contribution < -0.4 is 5.56 Å². The van der Waals surface area contributed by atoms with E-state index in [1.807, 2.05) is 24.3 Å². The van der Waals surface area contributed by atoms with Crippen LogP contribution in [-0.2, 0) is 19.4 Å². The lowest BCUT2D eigenvalue weighted by Gasteiger charge is -2.03. The highest BCUT2D eigenvalue weighted by atomic mass is 35.5. The molecule has 0 aliphatic carbocycles. The first kappa shape index (κ1) is 16.7. The first-order valence-electron chi connectivity index (χ1n) is 7.30. The third-order valence-electron chi connectivity index (χ3n) is 3.52. The Morgan fingerprint density at radius 1 is 1.17 bits per heavy atom. The van der Waals surface area contributed by atoms with Crippen molar-refractivity contribution in [3.05, 3.63) is 74.0 Å². The molecule has 8 heteroatoms. The van der Waals surface area contributed by atoms with Gasteiger partial charge in [-0.05, 0) is 31.0 Å². The van der Waals surface area contributed by atoms with Crippen molar-refractivity contribution in [2.75, 3.05) is 0 Å². The molecule has 0 spiro atoms. The molecule has 124 valence electrons. The molecule has 0 unspecified atom stereocenters. The molecule has 0 aliphatic rings. The first-order chi connectivity index (χ1) is 11.5. The molecule has 3 aromatic rings. The number of benzene rings is 1. The van der Waals surface area contributed by atoms with Crippen molar-refractivity contribution >= 4 is 23.2 Å². The van der Waals surface area contributed by atoms with Crippen molar-refractivity contribution in [3.63, 3.8) is 0 Å². The van der Waals surface area contributed by atoms with Crippen LogP contribution in [0.25, 0.3) is 0 Å². The minimum atomic E-state index is -0.329. The van der Waals surface area contributed by atoms with Crippen LogP contribution in [0.5, 0.6) is 0 Å². The molecule has 6 nitrogen and oxygen atoms in total. The van der Waals surface area contributed by atoms with Crippen molar-refractivity contribution in [3.8, 4) is 0 Å². The quantitative estimate of drug-likeness (QED) is 0.695. The van der Waals surface area contributed by atoms with Gasteiger partial charge in [-0.1, -0.05) is 40.5 Å². The summed E-state index contributed by atoms with van der Waals surface area (Å²) >= 11 is 11.8. The molecule has 0 fully saturated rings. The fourth-order valence-corrected chi connectivity index (χ4v) is 2.45. The lowest BCUT2D eigenvalue weighted by molar-refractivity contribution is 0.364. The zero-order chi connectivity index (χ0) is 17.1. The molecule has 0 bridgehead atoms. The molecular weight excluding hydrogens is 351 g/mol. The highest BCUT2D eigenvalue weighted by Crippen LogP contribution is 2.12. The van der Waals surface area contributed by atoms with Crippen LogP contribution in [-0.4, -0.2) is 19.7 Å². The summed E-state index contributed by atoms with van der Waals surface area (Å²) in [5.41, 5.74) is 1.30. The molecule has 1 aromatic carbocycles. The third-order valence-corrected chi connectivity index (χ3v) is 4.21. The topological polar surface area (TPSA) is 73.8 Å². The molecule has 0 N–H and O–H groups in total. The van der Waals surface area contributed by atoms with E-state index in [-0.39, 0.29) is 17.1 Å². The molecule has 0 saturated carbocycles. The summed E-state index contributed by atoms with van der Waals surface area (Å²) in [7, 11) is 0. The van der Waals surface area contributed by atoms with E-state index in [1.54, 1.807) is 6.92 Å². The molecule has 0 radical (unpaired) electrons. The molecule has 2 heterocycles. The smallest absolute Gasteiger partial charge is 0.272 e. The van der Waals surface area contributed by atoms with Crippen molar-refractivity contribution in [1.82, 2.24) is 19.7 Å². The standard InChI is InChI=1S/C16H14Cl2N4O2/c1-10-15(18)16(23)22(9-19-10)8-14-20-13(21-24-14)7-4-11-2-5-12(17)6-3-11/h2-3,5-6,9H,4,7-8H2,1H3. The second-order valence-electron chi connectivity index (χ2n) is 5.31. The number of halogens is 2. The zero-order valence-electron chi connectivity index (χ0n) is 12.9. The molecule has 0 aliphatic heterocycles. The third kappa shape index (κ3) is 3.83. The van der Waals surface area contributed by atoms with Crippen molar-refractivity contribution in [2.45, 2.75) is 26.3 Å². The second kappa shape index (κ2) is 7.15. The van der Waals surface area contributed by atoms with Gasteiger partial charge >= 0.3 is 0 Å². The molecule has 0 atom stereocenters. The molecule has 0 amide bonds. The van der Waals surface area contributed by atoms with Gasteiger partial charge in [0.05, 0.1) is 12.0 Å². The molecule has 3 rings (SSSR count). The predicted molar refractivity (Wildman–Crippen MR) is 90.5 cm³/mol. The lowest BCUT2D eigenvalue weighted by atomic mass is 10.1. The monoisotopic (exact) mass is 364 g/mol. The van der Waals surface area contributed by atoms with Crippen LogP contribution in [0.15, 0.2) is 39.9 Å². The maximum Gasteiger partial charge on any atom is 0.272 e. The van der Waals surface area contributed by atoms with E-state index in [0.717, 1.165) is 12.0 Å². The molecule has 2 aromatic heterocycles. The SMILES string of the molecule is Cc1ncn(Cc2nc(CCc3ccc(Cl)cc3)no2)c(=O)c1Cl. The summed E-state index contributed by atoms with van der Waals surface area (Å²) in [5, 5.41) is 4.74. The normalized spacial score (nSPS) is 11.0. The zero-order valence-corrected chi connectivity index (χ0v) is 14.4. The van der Waals surface area contributed by atoms with Crippen LogP contribution in [0, 0.1) is 6.92 Å². The van der Waals surface area contributed by atoms with E-state index < -0.39 is 0 Å². The van der Waals surface area contributed by atoms with Crippen molar-refractivity contribution in [1.29, 1.82) is 0 Å². The van der Waals surface area contributed by atoms with Gasteiger partial charge in [-0.15, -0.1) is 0 Å². The van der Waals surface area contributed by atoms with Crippen LogP contribution >= 0.6 is 23.2 Å².